The summed E-state index contributed by atoms with van der Waals surface area (Å²) in [5, 5.41) is 0. The summed E-state index contributed by atoms with van der Waals surface area (Å²) in [6, 6.07) is 23.4. The van der Waals surface area contributed by atoms with Gasteiger partial charge in [-0.15, -0.1) is 0 Å². The van der Waals surface area contributed by atoms with Gasteiger partial charge in [-0.1, -0.05) is 93.9 Å². The predicted octanol–water partition coefficient (Wildman–Crippen LogP) is 9.40. The molecule has 0 saturated heterocycles. The van der Waals surface area contributed by atoms with E-state index in [4.69, 9.17) is 14.2 Å². The summed E-state index contributed by atoms with van der Waals surface area (Å²) in [6.07, 6.45) is 9.58. The van der Waals surface area contributed by atoms with Crippen LogP contribution in [-0.4, -0.2) is 31.8 Å². The third-order valence-electron chi connectivity index (χ3n) is 8.38. The standard InChI is InChI=1S/C39H46O5/c1-6-7-8-9-10-29-11-13-33(14-12-29)37-25-35(44-38(40)27(2)3)23-24-36(37)32-17-15-30(16-18-32)31-19-21-34(22-20-31)43-39(41)28(4)26-42-5/h11-18,23-25,31,34H,2,4,6-10,19-22,26H2,1,3,5H3. The van der Waals surface area contributed by atoms with Crippen LogP contribution in [0.2, 0.25) is 0 Å². The molecule has 0 bridgehead atoms. The Bertz CT molecular complexity index is 1430. The molecule has 1 fully saturated rings. The molecule has 0 aliphatic heterocycles. The lowest BCUT2D eigenvalue weighted by molar-refractivity contribution is -0.146. The number of unbranched alkanes of at least 4 members (excludes halogenated alkanes) is 3. The molecule has 0 atom stereocenters. The van der Waals surface area contributed by atoms with Crippen LogP contribution in [0.15, 0.2) is 91.0 Å². The van der Waals surface area contributed by atoms with Gasteiger partial charge in [-0.25, -0.2) is 9.59 Å². The first-order valence-electron chi connectivity index (χ1n) is 15.9. The van der Waals surface area contributed by atoms with Gasteiger partial charge in [0.2, 0.25) is 0 Å². The molecule has 3 aromatic rings. The maximum atomic E-state index is 12.3. The largest absolute Gasteiger partial charge is 0.459 e. The number of rotatable bonds is 14. The van der Waals surface area contributed by atoms with E-state index in [0.717, 1.165) is 54.4 Å². The van der Waals surface area contributed by atoms with Gasteiger partial charge in [0.1, 0.15) is 11.9 Å². The van der Waals surface area contributed by atoms with Crippen molar-refractivity contribution >= 4 is 11.9 Å². The van der Waals surface area contributed by atoms with E-state index in [1.54, 1.807) is 14.0 Å². The number of ether oxygens (including phenoxy) is 3. The number of aryl methyl sites for hydroxylation is 1. The second-order valence-corrected chi connectivity index (χ2v) is 11.9. The van der Waals surface area contributed by atoms with Crippen LogP contribution >= 0.6 is 0 Å². The zero-order valence-electron chi connectivity index (χ0n) is 26.5. The Labute approximate surface area is 262 Å². The number of benzene rings is 3. The van der Waals surface area contributed by atoms with Gasteiger partial charge in [0.25, 0.3) is 0 Å². The molecule has 5 nitrogen and oxygen atoms in total. The van der Waals surface area contributed by atoms with Crippen molar-refractivity contribution in [3.63, 3.8) is 0 Å². The van der Waals surface area contributed by atoms with Crippen molar-refractivity contribution in [2.45, 2.75) is 83.7 Å². The molecular weight excluding hydrogens is 548 g/mol. The first-order chi connectivity index (χ1) is 21.3. The molecule has 0 radical (unpaired) electrons. The Morgan fingerprint density at radius 1 is 0.795 bits per heavy atom. The summed E-state index contributed by atoms with van der Waals surface area (Å²) >= 11 is 0. The molecule has 3 aromatic carbocycles. The molecule has 0 spiro atoms. The number of methoxy groups -OCH3 is 1. The van der Waals surface area contributed by atoms with Crippen molar-refractivity contribution < 1.29 is 23.8 Å². The van der Waals surface area contributed by atoms with Crippen molar-refractivity contribution in [1.29, 1.82) is 0 Å². The molecule has 0 heterocycles. The van der Waals surface area contributed by atoms with Crippen LogP contribution in [0.1, 0.15) is 82.3 Å². The monoisotopic (exact) mass is 594 g/mol. The highest BCUT2D eigenvalue weighted by Crippen LogP contribution is 2.38. The van der Waals surface area contributed by atoms with Gasteiger partial charge >= 0.3 is 11.9 Å². The van der Waals surface area contributed by atoms with Gasteiger partial charge in [0.15, 0.2) is 0 Å². The molecule has 5 heteroatoms. The molecule has 0 amide bonds. The summed E-state index contributed by atoms with van der Waals surface area (Å²) in [7, 11) is 1.54. The Morgan fingerprint density at radius 3 is 2.09 bits per heavy atom. The summed E-state index contributed by atoms with van der Waals surface area (Å²) in [5.74, 6) is 0.132. The number of hydrogen-bond acceptors (Lipinski definition) is 5. The first kappa shape index (κ1) is 32.9. The van der Waals surface area contributed by atoms with E-state index in [1.807, 2.05) is 18.2 Å². The summed E-state index contributed by atoms with van der Waals surface area (Å²) in [6.45, 7) is 11.5. The van der Waals surface area contributed by atoms with Crippen molar-refractivity contribution in [1.82, 2.24) is 0 Å². The lowest BCUT2D eigenvalue weighted by Gasteiger charge is -2.29. The minimum absolute atomic E-state index is 0.0746. The minimum Gasteiger partial charge on any atom is -0.459 e. The smallest absolute Gasteiger partial charge is 0.338 e. The Morgan fingerprint density at radius 2 is 1.45 bits per heavy atom. The van der Waals surface area contributed by atoms with Gasteiger partial charge < -0.3 is 14.2 Å². The van der Waals surface area contributed by atoms with Crippen LogP contribution in [0.5, 0.6) is 5.75 Å². The highest BCUT2D eigenvalue weighted by molar-refractivity contribution is 5.90. The number of esters is 2. The minimum atomic E-state index is -0.431. The molecule has 232 valence electrons. The number of carbonyl (C=O) groups excluding carboxylic acids is 2. The van der Waals surface area contributed by atoms with Crippen molar-refractivity contribution in [3.05, 3.63) is 102 Å². The van der Waals surface area contributed by atoms with E-state index in [-0.39, 0.29) is 18.7 Å². The number of carbonyl (C=O) groups is 2. The van der Waals surface area contributed by atoms with Gasteiger partial charge in [-0.2, -0.15) is 0 Å². The third-order valence-corrected chi connectivity index (χ3v) is 8.38. The first-order valence-corrected chi connectivity index (χ1v) is 15.9. The van der Waals surface area contributed by atoms with E-state index in [0.29, 0.717) is 22.8 Å². The van der Waals surface area contributed by atoms with Crippen LogP contribution in [-0.2, 0) is 25.5 Å². The average Bonchev–Trinajstić information content (AvgIpc) is 3.04. The van der Waals surface area contributed by atoms with Crippen LogP contribution in [0.4, 0.5) is 0 Å². The molecule has 4 rings (SSSR count). The fourth-order valence-corrected chi connectivity index (χ4v) is 5.80. The van der Waals surface area contributed by atoms with E-state index >= 15 is 0 Å². The van der Waals surface area contributed by atoms with Gasteiger partial charge in [0.05, 0.1) is 12.2 Å². The Kier molecular flexibility index (Phi) is 12.1. The molecule has 0 unspecified atom stereocenters. The molecule has 1 aliphatic rings. The lowest BCUT2D eigenvalue weighted by atomic mass is 9.82. The highest BCUT2D eigenvalue weighted by Gasteiger charge is 2.26. The van der Waals surface area contributed by atoms with E-state index in [2.05, 4.69) is 68.6 Å². The Balaban J connectivity index is 1.50. The summed E-state index contributed by atoms with van der Waals surface area (Å²) in [4.78, 5) is 24.5. The zero-order valence-corrected chi connectivity index (χ0v) is 26.5. The maximum Gasteiger partial charge on any atom is 0.338 e. The average molecular weight is 595 g/mol. The van der Waals surface area contributed by atoms with Crippen LogP contribution in [0.3, 0.4) is 0 Å². The van der Waals surface area contributed by atoms with Crippen LogP contribution in [0.25, 0.3) is 22.3 Å². The predicted molar refractivity (Wildman–Crippen MR) is 178 cm³/mol. The molecule has 0 aromatic heterocycles. The second-order valence-electron chi connectivity index (χ2n) is 11.9. The highest BCUT2D eigenvalue weighted by atomic mass is 16.5. The maximum absolute atomic E-state index is 12.3. The molecule has 0 N–H and O–H groups in total. The summed E-state index contributed by atoms with van der Waals surface area (Å²) in [5.41, 5.74) is 7.62. The normalized spacial score (nSPS) is 16.2. The fraction of sp³-hybridized carbons (Fsp3) is 0.385. The fourth-order valence-electron chi connectivity index (χ4n) is 5.80. The zero-order chi connectivity index (χ0) is 31.5. The topological polar surface area (TPSA) is 61.8 Å². The van der Waals surface area contributed by atoms with E-state index in [9.17, 15) is 9.59 Å². The molecule has 1 saturated carbocycles. The third kappa shape index (κ3) is 9.03. The second kappa shape index (κ2) is 16.2. The SMILES string of the molecule is C=C(C)C(=O)Oc1ccc(-c2ccc(C3CCC(OC(=O)C(=C)COC)CC3)cc2)c(-c2ccc(CCCCCC)cc2)c1. The van der Waals surface area contributed by atoms with E-state index in [1.165, 1.54) is 36.8 Å². The quantitative estimate of drug-likeness (QED) is 0.0805. The van der Waals surface area contributed by atoms with Gasteiger partial charge in [-0.05, 0) is 96.9 Å². The van der Waals surface area contributed by atoms with Crippen molar-refractivity contribution in [2.24, 2.45) is 0 Å². The molecule has 44 heavy (non-hydrogen) atoms. The molecular formula is C39H46O5. The van der Waals surface area contributed by atoms with Crippen molar-refractivity contribution in [3.8, 4) is 28.0 Å². The van der Waals surface area contributed by atoms with Crippen LogP contribution < -0.4 is 4.74 Å². The summed E-state index contributed by atoms with van der Waals surface area (Å²) < 4.78 is 16.2. The molecule has 1 aliphatic carbocycles. The van der Waals surface area contributed by atoms with Gasteiger partial charge in [0, 0.05) is 12.7 Å². The van der Waals surface area contributed by atoms with Crippen molar-refractivity contribution in [2.75, 3.05) is 13.7 Å². The van der Waals surface area contributed by atoms with Gasteiger partial charge in [-0.3, -0.25) is 0 Å². The Hall–Kier alpha value is -3.96. The lowest BCUT2D eigenvalue weighted by Crippen LogP contribution is -2.25. The number of hydrogen-bond donors (Lipinski definition) is 0. The van der Waals surface area contributed by atoms with E-state index < -0.39 is 5.97 Å². The van der Waals surface area contributed by atoms with Crippen LogP contribution in [0, 0.1) is 0 Å².